The van der Waals surface area contributed by atoms with Crippen molar-refractivity contribution in [2.45, 2.75) is 32.1 Å². The molecule has 0 aliphatic carbocycles. The molecular formula is C16H19N3OS. The summed E-state index contributed by atoms with van der Waals surface area (Å²) >= 11 is 1.73. The highest BCUT2D eigenvalue weighted by Crippen LogP contribution is 2.29. The minimum absolute atomic E-state index is 0.0348. The van der Waals surface area contributed by atoms with Crippen molar-refractivity contribution in [3.05, 3.63) is 46.2 Å². The number of likely N-dealkylation sites (tertiary alicyclic amines) is 1. The van der Waals surface area contributed by atoms with Gasteiger partial charge in [0, 0.05) is 30.6 Å². The van der Waals surface area contributed by atoms with Crippen LogP contribution in [-0.2, 0) is 6.42 Å². The van der Waals surface area contributed by atoms with Gasteiger partial charge in [-0.05, 0) is 31.4 Å². The SMILES string of the molecule is CCc1csc([C@H]2CCCN(C(=O)c3ccccn3)C2)n1. The van der Waals surface area contributed by atoms with Crippen LogP contribution in [0, 0.1) is 0 Å². The summed E-state index contributed by atoms with van der Waals surface area (Å²) in [5.74, 6) is 0.407. The molecule has 110 valence electrons. The number of rotatable bonds is 3. The van der Waals surface area contributed by atoms with E-state index in [0.717, 1.165) is 38.0 Å². The molecule has 3 rings (SSSR count). The standard InChI is InChI=1S/C16H19N3OS/c1-2-13-11-21-15(18-13)12-6-5-9-19(10-12)16(20)14-7-3-4-8-17-14/h3-4,7-8,11-12H,2,5-6,9-10H2,1H3/t12-/m0/s1. The van der Waals surface area contributed by atoms with Crippen LogP contribution in [0.25, 0.3) is 0 Å². The van der Waals surface area contributed by atoms with Gasteiger partial charge in [0.1, 0.15) is 5.69 Å². The maximum Gasteiger partial charge on any atom is 0.272 e. The highest BCUT2D eigenvalue weighted by Gasteiger charge is 2.27. The topological polar surface area (TPSA) is 46.1 Å². The fourth-order valence-corrected chi connectivity index (χ4v) is 3.72. The van der Waals surface area contributed by atoms with Gasteiger partial charge in [-0.25, -0.2) is 4.98 Å². The third kappa shape index (κ3) is 3.13. The first kappa shape index (κ1) is 14.2. The number of hydrogen-bond donors (Lipinski definition) is 0. The number of thiazole rings is 1. The summed E-state index contributed by atoms with van der Waals surface area (Å²) in [5.41, 5.74) is 1.69. The van der Waals surface area contributed by atoms with Crippen LogP contribution in [0.5, 0.6) is 0 Å². The van der Waals surface area contributed by atoms with Gasteiger partial charge in [-0.3, -0.25) is 9.78 Å². The van der Waals surface area contributed by atoms with E-state index in [1.807, 2.05) is 17.0 Å². The predicted molar refractivity (Wildman–Crippen MR) is 83.6 cm³/mol. The van der Waals surface area contributed by atoms with E-state index in [0.29, 0.717) is 11.6 Å². The quantitative estimate of drug-likeness (QED) is 0.875. The molecule has 1 aliphatic heterocycles. The second-order valence-electron chi connectivity index (χ2n) is 5.34. The summed E-state index contributed by atoms with van der Waals surface area (Å²) in [5, 5.41) is 3.31. The predicted octanol–water partition coefficient (Wildman–Crippen LogP) is 3.12. The van der Waals surface area contributed by atoms with Crippen molar-refractivity contribution < 1.29 is 4.79 Å². The highest BCUT2D eigenvalue weighted by atomic mass is 32.1. The summed E-state index contributed by atoms with van der Waals surface area (Å²) in [4.78, 5) is 23.3. The number of aryl methyl sites for hydroxylation is 1. The van der Waals surface area contributed by atoms with E-state index < -0.39 is 0 Å². The Balaban J connectivity index is 1.72. The van der Waals surface area contributed by atoms with Crippen LogP contribution in [0.4, 0.5) is 0 Å². The molecule has 2 aromatic heterocycles. The smallest absolute Gasteiger partial charge is 0.272 e. The normalized spacial score (nSPS) is 18.7. The fraction of sp³-hybridized carbons (Fsp3) is 0.438. The number of carbonyl (C=O) groups excluding carboxylic acids is 1. The van der Waals surface area contributed by atoms with E-state index in [4.69, 9.17) is 0 Å². The monoisotopic (exact) mass is 301 g/mol. The number of carbonyl (C=O) groups is 1. The minimum atomic E-state index is 0.0348. The van der Waals surface area contributed by atoms with Gasteiger partial charge < -0.3 is 4.90 Å². The van der Waals surface area contributed by atoms with Crippen molar-refractivity contribution in [1.82, 2.24) is 14.9 Å². The van der Waals surface area contributed by atoms with Gasteiger partial charge in [0.05, 0.1) is 10.7 Å². The molecule has 1 saturated heterocycles. The second kappa shape index (κ2) is 6.35. The van der Waals surface area contributed by atoms with E-state index in [1.165, 1.54) is 5.01 Å². The molecule has 1 aliphatic rings. The van der Waals surface area contributed by atoms with E-state index in [1.54, 1.807) is 23.6 Å². The minimum Gasteiger partial charge on any atom is -0.337 e. The number of pyridine rings is 1. The van der Waals surface area contributed by atoms with Gasteiger partial charge in [-0.2, -0.15) is 0 Å². The lowest BCUT2D eigenvalue weighted by Crippen LogP contribution is -2.39. The molecule has 1 atom stereocenters. The molecule has 0 saturated carbocycles. The molecule has 1 fully saturated rings. The largest absolute Gasteiger partial charge is 0.337 e. The number of hydrogen-bond acceptors (Lipinski definition) is 4. The molecule has 3 heterocycles. The van der Waals surface area contributed by atoms with E-state index in [9.17, 15) is 4.79 Å². The summed E-state index contributed by atoms with van der Waals surface area (Å²) in [6.45, 7) is 3.70. The van der Waals surface area contributed by atoms with Crippen LogP contribution in [0.3, 0.4) is 0 Å². The maximum atomic E-state index is 12.5. The molecule has 0 N–H and O–H groups in total. The van der Waals surface area contributed by atoms with Gasteiger partial charge in [0.25, 0.3) is 5.91 Å². The Bertz CT molecular complexity index is 611. The van der Waals surface area contributed by atoms with Gasteiger partial charge in [0.2, 0.25) is 0 Å². The Labute approximate surface area is 128 Å². The zero-order valence-electron chi connectivity index (χ0n) is 12.2. The summed E-state index contributed by atoms with van der Waals surface area (Å²) in [7, 11) is 0. The maximum absolute atomic E-state index is 12.5. The molecule has 0 bridgehead atoms. The summed E-state index contributed by atoms with van der Waals surface area (Å²) < 4.78 is 0. The van der Waals surface area contributed by atoms with Gasteiger partial charge in [-0.1, -0.05) is 13.0 Å². The Morgan fingerprint density at radius 2 is 2.38 bits per heavy atom. The number of piperidine rings is 1. The van der Waals surface area contributed by atoms with E-state index >= 15 is 0 Å². The molecule has 2 aromatic rings. The van der Waals surface area contributed by atoms with Gasteiger partial charge >= 0.3 is 0 Å². The van der Waals surface area contributed by atoms with Crippen molar-refractivity contribution in [3.8, 4) is 0 Å². The van der Waals surface area contributed by atoms with Crippen molar-refractivity contribution in [1.29, 1.82) is 0 Å². The van der Waals surface area contributed by atoms with E-state index in [2.05, 4.69) is 22.3 Å². The first-order valence-corrected chi connectivity index (χ1v) is 8.30. The first-order valence-electron chi connectivity index (χ1n) is 7.42. The number of amides is 1. The van der Waals surface area contributed by atoms with E-state index in [-0.39, 0.29) is 5.91 Å². The third-order valence-corrected chi connectivity index (χ3v) is 4.93. The summed E-state index contributed by atoms with van der Waals surface area (Å²) in [6, 6.07) is 5.47. The lowest BCUT2D eigenvalue weighted by atomic mass is 9.98. The van der Waals surface area contributed by atoms with Gasteiger partial charge in [-0.15, -0.1) is 11.3 Å². The highest BCUT2D eigenvalue weighted by molar-refractivity contribution is 7.09. The van der Waals surface area contributed by atoms with Crippen LogP contribution in [0.1, 0.15) is 46.9 Å². The third-order valence-electron chi connectivity index (χ3n) is 3.87. The zero-order chi connectivity index (χ0) is 14.7. The molecule has 0 unspecified atom stereocenters. The average Bonchev–Trinajstić information content (AvgIpc) is 3.04. The van der Waals surface area contributed by atoms with Gasteiger partial charge in [0.15, 0.2) is 0 Å². The Morgan fingerprint density at radius 1 is 1.48 bits per heavy atom. The molecule has 21 heavy (non-hydrogen) atoms. The molecule has 5 heteroatoms. The van der Waals surface area contributed by atoms with Crippen molar-refractivity contribution in [2.75, 3.05) is 13.1 Å². The van der Waals surface area contributed by atoms with Crippen molar-refractivity contribution in [2.24, 2.45) is 0 Å². The second-order valence-corrected chi connectivity index (χ2v) is 6.23. The van der Waals surface area contributed by atoms with Crippen LogP contribution < -0.4 is 0 Å². The zero-order valence-corrected chi connectivity index (χ0v) is 13.0. The Hall–Kier alpha value is -1.75. The molecule has 1 amide bonds. The Morgan fingerprint density at radius 3 is 3.10 bits per heavy atom. The van der Waals surface area contributed by atoms with Crippen molar-refractivity contribution in [3.63, 3.8) is 0 Å². The summed E-state index contributed by atoms with van der Waals surface area (Å²) in [6.07, 6.45) is 4.79. The molecule has 4 nitrogen and oxygen atoms in total. The molecule has 0 spiro atoms. The van der Waals surface area contributed by atoms with Crippen LogP contribution in [0.2, 0.25) is 0 Å². The van der Waals surface area contributed by atoms with Crippen molar-refractivity contribution >= 4 is 17.2 Å². The lowest BCUT2D eigenvalue weighted by Gasteiger charge is -2.31. The van der Waals surface area contributed by atoms with Crippen LogP contribution in [-0.4, -0.2) is 33.9 Å². The first-order chi connectivity index (χ1) is 10.3. The average molecular weight is 301 g/mol. The Kier molecular flexibility index (Phi) is 4.29. The van der Waals surface area contributed by atoms with Crippen LogP contribution in [0.15, 0.2) is 29.8 Å². The molecule has 0 radical (unpaired) electrons. The fourth-order valence-electron chi connectivity index (χ4n) is 2.69. The van der Waals surface area contributed by atoms with Crippen LogP contribution >= 0.6 is 11.3 Å². The number of aromatic nitrogens is 2. The molecule has 0 aromatic carbocycles. The molecular weight excluding hydrogens is 282 g/mol. The number of nitrogens with zero attached hydrogens (tertiary/aromatic N) is 3. The lowest BCUT2D eigenvalue weighted by molar-refractivity contribution is 0.0701.